The molecule has 1 heterocycles. The molecule has 0 aromatic heterocycles. The van der Waals surface area contributed by atoms with E-state index in [1.165, 1.54) is 45.2 Å². The highest BCUT2D eigenvalue weighted by molar-refractivity contribution is 7.89. The second kappa shape index (κ2) is 8.36. The molecule has 1 fully saturated rings. The summed E-state index contributed by atoms with van der Waals surface area (Å²) in [4.78, 5) is 37.6. The normalized spacial score (nSPS) is 19.6. The maximum atomic E-state index is 12.8. The molecule has 11 heteroatoms. The lowest BCUT2D eigenvalue weighted by Gasteiger charge is -2.22. The van der Waals surface area contributed by atoms with Gasteiger partial charge in [0.1, 0.15) is 11.3 Å². The SMILES string of the molecule is COc1ccc(S(=O)(=O)N[C@@H](C)C(=O)NN2C(=O)NC(C)(c3ccccc3)C2=O)cc1. The molecular formula is C20H22N4O6S. The van der Waals surface area contributed by atoms with Crippen molar-refractivity contribution in [3.63, 3.8) is 0 Å². The van der Waals surface area contributed by atoms with Crippen molar-refractivity contribution >= 4 is 27.9 Å². The number of urea groups is 1. The first-order chi connectivity index (χ1) is 14.6. The number of sulfonamides is 1. The summed E-state index contributed by atoms with van der Waals surface area (Å²) in [5.74, 6) is -1.09. The van der Waals surface area contributed by atoms with Gasteiger partial charge in [-0.2, -0.15) is 9.73 Å². The van der Waals surface area contributed by atoms with Crippen LogP contribution in [-0.2, 0) is 25.2 Å². The molecule has 1 aliphatic rings. The average Bonchev–Trinajstić information content (AvgIpc) is 2.98. The fourth-order valence-electron chi connectivity index (χ4n) is 3.02. The summed E-state index contributed by atoms with van der Waals surface area (Å²) in [6, 6.07) is 12.1. The standard InChI is InChI=1S/C20H22N4O6S/c1-13(23-31(28,29)16-11-9-15(30-3)10-12-16)17(25)22-24-18(26)20(2,21-19(24)27)14-7-5-4-6-8-14/h4-13,23H,1-3H3,(H,21,27)(H,22,25)/t13-,20?/m0/s1. The number of hydrogen-bond donors (Lipinski definition) is 3. The van der Waals surface area contributed by atoms with E-state index in [1.54, 1.807) is 30.3 Å². The van der Waals surface area contributed by atoms with Gasteiger partial charge in [-0.25, -0.2) is 13.2 Å². The van der Waals surface area contributed by atoms with Gasteiger partial charge in [0.2, 0.25) is 10.0 Å². The van der Waals surface area contributed by atoms with Crippen molar-refractivity contribution in [2.75, 3.05) is 7.11 Å². The minimum Gasteiger partial charge on any atom is -0.497 e. The van der Waals surface area contributed by atoms with Crippen LogP contribution in [0.5, 0.6) is 5.75 Å². The van der Waals surface area contributed by atoms with Gasteiger partial charge >= 0.3 is 6.03 Å². The topological polar surface area (TPSA) is 134 Å². The van der Waals surface area contributed by atoms with Crippen LogP contribution in [-0.4, -0.2) is 44.4 Å². The number of nitrogens with zero attached hydrogens (tertiary/aromatic N) is 1. The quantitative estimate of drug-likeness (QED) is 0.540. The monoisotopic (exact) mass is 446 g/mol. The van der Waals surface area contributed by atoms with Crippen LogP contribution in [0.15, 0.2) is 59.5 Å². The Hall–Kier alpha value is -3.44. The number of carbonyl (C=O) groups is 3. The van der Waals surface area contributed by atoms with Crippen molar-refractivity contribution in [3.05, 3.63) is 60.2 Å². The summed E-state index contributed by atoms with van der Waals surface area (Å²) < 4.78 is 32.2. The van der Waals surface area contributed by atoms with Gasteiger partial charge in [-0.15, -0.1) is 0 Å². The van der Waals surface area contributed by atoms with Crippen LogP contribution in [0.25, 0.3) is 0 Å². The second-order valence-corrected chi connectivity index (χ2v) is 8.77. The minimum absolute atomic E-state index is 0.0698. The molecule has 0 spiro atoms. The summed E-state index contributed by atoms with van der Waals surface area (Å²) in [6.45, 7) is 2.82. The third-order valence-electron chi connectivity index (χ3n) is 4.86. The predicted molar refractivity (Wildman–Crippen MR) is 110 cm³/mol. The van der Waals surface area contributed by atoms with Gasteiger partial charge in [0.15, 0.2) is 0 Å². The van der Waals surface area contributed by atoms with Crippen molar-refractivity contribution in [1.82, 2.24) is 20.5 Å². The predicted octanol–water partition coefficient (Wildman–Crippen LogP) is 0.860. The number of ether oxygens (including phenoxy) is 1. The first-order valence-electron chi connectivity index (χ1n) is 9.27. The van der Waals surface area contributed by atoms with Crippen molar-refractivity contribution in [2.45, 2.75) is 30.3 Å². The average molecular weight is 446 g/mol. The van der Waals surface area contributed by atoms with Gasteiger partial charge in [-0.3, -0.25) is 15.0 Å². The van der Waals surface area contributed by atoms with Crippen LogP contribution in [0.3, 0.4) is 0 Å². The number of imide groups is 1. The fourth-order valence-corrected chi connectivity index (χ4v) is 4.23. The summed E-state index contributed by atoms with van der Waals surface area (Å²) in [7, 11) is -2.58. The number of benzene rings is 2. The van der Waals surface area contributed by atoms with Gasteiger partial charge in [-0.05, 0) is 43.7 Å². The highest BCUT2D eigenvalue weighted by atomic mass is 32.2. The van der Waals surface area contributed by atoms with E-state index in [1.807, 2.05) is 0 Å². The summed E-state index contributed by atoms with van der Waals surface area (Å²) >= 11 is 0. The van der Waals surface area contributed by atoms with Gasteiger partial charge in [-0.1, -0.05) is 30.3 Å². The lowest BCUT2D eigenvalue weighted by Crippen LogP contribution is -2.54. The summed E-state index contributed by atoms with van der Waals surface area (Å²) in [5, 5.41) is 3.10. The Labute approximate surface area is 179 Å². The Morgan fingerprint density at radius 2 is 1.71 bits per heavy atom. The van der Waals surface area contributed by atoms with Crippen molar-refractivity contribution < 1.29 is 27.5 Å². The summed E-state index contributed by atoms with van der Waals surface area (Å²) in [5.41, 5.74) is 1.36. The highest BCUT2D eigenvalue weighted by Gasteiger charge is 2.50. The number of nitrogens with one attached hydrogen (secondary N) is 3. The fraction of sp³-hybridized carbons (Fsp3) is 0.250. The number of amides is 4. The number of carbonyl (C=O) groups excluding carboxylic acids is 3. The third kappa shape index (κ3) is 4.37. The van der Waals surface area contributed by atoms with Crippen LogP contribution in [0.2, 0.25) is 0 Å². The number of hydrazine groups is 1. The smallest absolute Gasteiger partial charge is 0.344 e. The molecule has 0 radical (unpaired) electrons. The van der Waals surface area contributed by atoms with E-state index in [9.17, 15) is 22.8 Å². The Kier molecular flexibility index (Phi) is 6.00. The lowest BCUT2D eigenvalue weighted by atomic mass is 9.92. The molecule has 2 atom stereocenters. The molecule has 0 bridgehead atoms. The lowest BCUT2D eigenvalue weighted by molar-refractivity contribution is -0.139. The Morgan fingerprint density at radius 1 is 1.10 bits per heavy atom. The van der Waals surface area contributed by atoms with E-state index >= 15 is 0 Å². The molecule has 1 aliphatic heterocycles. The van der Waals surface area contributed by atoms with E-state index in [0.717, 1.165) is 0 Å². The molecule has 3 N–H and O–H groups in total. The van der Waals surface area contributed by atoms with Crippen molar-refractivity contribution in [3.8, 4) is 5.75 Å². The first kappa shape index (κ1) is 22.2. The molecule has 2 aromatic rings. The van der Waals surface area contributed by atoms with Gasteiger partial charge < -0.3 is 10.1 Å². The first-order valence-corrected chi connectivity index (χ1v) is 10.8. The Bertz CT molecular complexity index is 1100. The summed E-state index contributed by atoms with van der Waals surface area (Å²) in [6.07, 6.45) is 0. The Balaban J connectivity index is 1.70. The molecule has 164 valence electrons. The molecule has 31 heavy (non-hydrogen) atoms. The van der Waals surface area contributed by atoms with E-state index in [2.05, 4.69) is 15.5 Å². The number of rotatable bonds is 7. The molecule has 4 amide bonds. The van der Waals surface area contributed by atoms with E-state index in [-0.39, 0.29) is 4.90 Å². The highest BCUT2D eigenvalue weighted by Crippen LogP contribution is 2.27. The number of hydrogen-bond acceptors (Lipinski definition) is 6. The molecule has 3 rings (SSSR count). The zero-order valence-corrected chi connectivity index (χ0v) is 17.9. The molecule has 2 aromatic carbocycles. The van der Waals surface area contributed by atoms with Gasteiger partial charge in [0.05, 0.1) is 18.0 Å². The maximum absolute atomic E-state index is 12.8. The van der Waals surface area contributed by atoms with Crippen molar-refractivity contribution in [1.29, 1.82) is 0 Å². The van der Waals surface area contributed by atoms with Crippen molar-refractivity contribution in [2.24, 2.45) is 0 Å². The van der Waals surface area contributed by atoms with Crippen LogP contribution in [0.4, 0.5) is 4.79 Å². The van der Waals surface area contributed by atoms with Crippen LogP contribution < -0.4 is 20.2 Å². The largest absolute Gasteiger partial charge is 0.497 e. The third-order valence-corrected chi connectivity index (χ3v) is 6.42. The molecule has 10 nitrogen and oxygen atoms in total. The molecule has 1 saturated heterocycles. The number of methoxy groups -OCH3 is 1. The van der Waals surface area contributed by atoms with Crippen LogP contribution in [0, 0.1) is 0 Å². The maximum Gasteiger partial charge on any atom is 0.344 e. The minimum atomic E-state index is -4.03. The van der Waals surface area contributed by atoms with E-state index in [0.29, 0.717) is 16.3 Å². The molecular weight excluding hydrogens is 424 g/mol. The van der Waals surface area contributed by atoms with Crippen LogP contribution >= 0.6 is 0 Å². The molecule has 0 aliphatic carbocycles. The van der Waals surface area contributed by atoms with E-state index < -0.39 is 39.4 Å². The zero-order chi connectivity index (χ0) is 22.8. The van der Waals surface area contributed by atoms with Crippen LogP contribution in [0.1, 0.15) is 19.4 Å². The Morgan fingerprint density at radius 3 is 2.29 bits per heavy atom. The van der Waals surface area contributed by atoms with Gasteiger partial charge in [0.25, 0.3) is 11.8 Å². The van der Waals surface area contributed by atoms with Gasteiger partial charge in [0, 0.05) is 0 Å². The molecule has 1 unspecified atom stereocenters. The molecule has 0 saturated carbocycles. The van der Waals surface area contributed by atoms with E-state index in [4.69, 9.17) is 4.74 Å². The second-order valence-electron chi connectivity index (χ2n) is 7.06. The zero-order valence-electron chi connectivity index (χ0n) is 17.1.